The highest BCUT2D eigenvalue weighted by Crippen LogP contribution is 2.02. The van der Waals surface area contributed by atoms with Gasteiger partial charge in [0.15, 0.2) is 5.96 Å². The van der Waals surface area contributed by atoms with Crippen LogP contribution in [0.3, 0.4) is 0 Å². The lowest BCUT2D eigenvalue weighted by molar-refractivity contribution is 0.0498. The van der Waals surface area contributed by atoms with Crippen molar-refractivity contribution in [3.63, 3.8) is 0 Å². The first kappa shape index (κ1) is 15.0. The fourth-order valence-corrected chi connectivity index (χ4v) is 1.53. The van der Waals surface area contributed by atoms with Crippen molar-refractivity contribution in [2.24, 2.45) is 0 Å². The third kappa shape index (κ3) is 6.45. The zero-order chi connectivity index (χ0) is 13.9. The van der Waals surface area contributed by atoms with Crippen molar-refractivity contribution < 1.29 is 9.53 Å². The summed E-state index contributed by atoms with van der Waals surface area (Å²) in [5.74, 6) is 0.0613. The average molecular weight is 263 g/mol. The summed E-state index contributed by atoms with van der Waals surface area (Å²) in [6, 6.07) is 9.00. The second-order valence-electron chi connectivity index (χ2n) is 4.11. The molecular weight excluding hydrogens is 242 g/mol. The first-order valence-corrected chi connectivity index (χ1v) is 6.46. The van der Waals surface area contributed by atoms with Gasteiger partial charge < -0.3 is 15.4 Å². The first-order valence-electron chi connectivity index (χ1n) is 6.46. The van der Waals surface area contributed by atoms with Crippen molar-refractivity contribution in [3.05, 3.63) is 35.9 Å². The number of benzene rings is 1. The van der Waals surface area contributed by atoms with Crippen LogP contribution in [0, 0.1) is 5.41 Å². The van der Waals surface area contributed by atoms with E-state index in [-0.39, 0.29) is 5.97 Å². The molecule has 1 aromatic carbocycles. The molecule has 0 bridgehead atoms. The molecule has 0 atom stereocenters. The summed E-state index contributed by atoms with van der Waals surface area (Å²) in [6.07, 6.45) is 2.76. The topological polar surface area (TPSA) is 74.2 Å². The molecule has 0 unspecified atom stereocenters. The van der Waals surface area contributed by atoms with Gasteiger partial charge in [0.25, 0.3) is 0 Å². The monoisotopic (exact) mass is 263 g/mol. The molecule has 0 aliphatic carbocycles. The zero-order valence-corrected chi connectivity index (χ0v) is 11.2. The summed E-state index contributed by atoms with van der Waals surface area (Å²) in [6.45, 7) is 1.20. The van der Waals surface area contributed by atoms with Crippen molar-refractivity contribution in [3.8, 4) is 0 Å². The van der Waals surface area contributed by atoms with Gasteiger partial charge in [-0.05, 0) is 31.4 Å². The average Bonchev–Trinajstić information content (AvgIpc) is 2.46. The van der Waals surface area contributed by atoms with Crippen LogP contribution in [0.5, 0.6) is 0 Å². The second kappa shape index (κ2) is 8.97. The van der Waals surface area contributed by atoms with Crippen LogP contribution < -0.4 is 10.6 Å². The van der Waals surface area contributed by atoms with E-state index in [0.717, 1.165) is 25.8 Å². The molecule has 0 amide bonds. The van der Waals surface area contributed by atoms with Crippen LogP contribution in [0.2, 0.25) is 0 Å². The number of carbonyl (C=O) groups excluding carboxylic acids is 1. The van der Waals surface area contributed by atoms with Gasteiger partial charge in [-0.3, -0.25) is 5.41 Å². The van der Waals surface area contributed by atoms with Crippen molar-refractivity contribution in [2.75, 3.05) is 20.2 Å². The Morgan fingerprint density at radius 3 is 2.63 bits per heavy atom. The number of carbonyl (C=O) groups is 1. The van der Waals surface area contributed by atoms with E-state index in [1.165, 1.54) is 0 Å². The molecule has 0 saturated carbocycles. The van der Waals surface area contributed by atoms with E-state index in [1.54, 1.807) is 19.2 Å². The lowest BCUT2D eigenvalue weighted by Crippen LogP contribution is -2.34. The summed E-state index contributed by atoms with van der Waals surface area (Å²) >= 11 is 0. The number of ether oxygens (including phenoxy) is 1. The summed E-state index contributed by atoms with van der Waals surface area (Å²) in [5, 5.41) is 12.9. The number of nitrogens with one attached hydrogen (secondary N) is 3. The van der Waals surface area contributed by atoms with Gasteiger partial charge in [0.2, 0.25) is 0 Å². The normalized spacial score (nSPS) is 9.74. The Morgan fingerprint density at radius 2 is 1.95 bits per heavy atom. The number of rotatable bonds is 7. The molecule has 0 aliphatic heterocycles. The fourth-order valence-electron chi connectivity index (χ4n) is 1.53. The maximum absolute atomic E-state index is 11.6. The summed E-state index contributed by atoms with van der Waals surface area (Å²) < 4.78 is 5.16. The van der Waals surface area contributed by atoms with Gasteiger partial charge in [0.1, 0.15) is 0 Å². The van der Waals surface area contributed by atoms with Gasteiger partial charge in [-0.15, -0.1) is 0 Å². The number of hydrogen-bond donors (Lipinski definition) is 3. The number of guanidine groups is 1. The number of esters is 1. The molecule has 5 nitrogen and oxygen atoms in total. The quantitative estimate of drug-likeness (QED) is 0.303. The van der Waals surface area contributed by atoms with Crippen molar-refractivity contribution >= 4 is 11.9 Å². The van der Waals surface area contributed by atoms with Crippen molar-refractivity contribution in [1.82, 2.24) is 10.6 Å². The van der Waals surface area contributed by atoms with E-state index in [4.69, 9.17) is 10.1 Å². The van der Waals surface area contributed by atoms with Crippen LogP contribution in [0.4, 0.5) is 0 Å². The predicted octanol–water partition coefficient (Wildman–Crippen LogP) is 1.76. The summed E-state index contributed by atoms with van der Waals surface area (Å²) in [4.78, 5) is 11.6. The molecule has 0 aliphatic rings. The van der Waals surface area contributed by atoms with Crippen LogP contribution in [-0.4, -0.2) is 32.1 Å². The van der Waals surface area contributed by atoms with Gasteiger partial charge in [-0.2, -0.15) is 0 Å². The molecule has 0 aromatic heterocycles. The van der Waals surface area contributed by atoms with E-state index in [0.29, 0.717) is 18.1 Å². The summed E-state index contributed by atoms with van der Waals surface area (Å²) in [5.41, 5.74) is 0.589. The zero-order valence-electron chi connectivity index (χ0n) is 11.2. The minimum Gasteiger partial charge on any atom is -0.462 e. The third-order valence-corrected chi connectivity index (χ3v) is 2.62. The Bertz CT molecular complexity index is 393. The second-order valence-corrected chi connectivity index (χ2v) is 4.11. The molecular formula is C14H21N3O2. The van der Waals surface area contributed by atoms with Crippen LogP contribution in [-0.2, 0) is 4.74 Å². The fraction of sp³-hybridized carbons (Fsp3) is 0.429. The van der Waals surface area contributed by atoms with E-state index in [9.17, 15) is 4.79 Å². The SMILES string of the molecule is CNC(=N)NCCCCCOC(=O)c1ccccc1. The molecule has 0 radical (unpaired) electrons. The Kier molecular flexibility index (Phi) is 7.09. The van der Waals surface area contributed by atoms with Gasteiger partial charge in [0, 0.05) is 13.6 Å². The van der Waals surface area contributed by atoms with Gasteiger partial charge in [0.05, 0.1) is 12.2 Å². The highest BCUT2D eigenvalue weighted by Gasteiger charge is 2.04. The molecule has 0 saturated heterocycles. The molecule has 0 spiro atoms. The van der Waals surface area contributed by atoms with Gasteiger partial charge >= 0.3 is 5.97 Å². The molecule has 0 fully saturated rings. The Hall–Kier alpha value is -2.04. The van der Waals surface area contributed by atoms with Crippen LogP contribution in [0.25, 0.3) is 0 Å². The van der Waals surface area contributed by atoms with Crippen molar-refractivity contribution in [2.45, 2.75) is 19.3 Å². The Morgan fingerprint density at radius 1 is 1.21 bits per heavy atom. The van der Waals surface area contributed by atoms with Crippen LogP contribution >= 0.6 is 0 Å². The molecule has 19 heavy (non-hydrogen) atoms. The van der Waals surface area contributed by atoms with E-state index < -0.39 is 0 Å². The molecule has 3 N–H and O–H groups in total. The molecule has 0 heterocycles. The third-order valence-electron chi connectivity index (χ3n) is 2.62. The minimum absolute atomic E-state index is 0.268. The van der Waals surface area contributed by atoms with Crippen LogP contribution in [0.15, 0.2) is 30.3 Å². The summed E-state index contributed by atoms with van der Waals surface area (Å²) in [7, 11) is 1.71. The smallest absolute Gasteiger partial charge is 0.338 e. The van der Waals surface area contributed by atoms with Gasteiger partial charge in [-0.1, -0.05) is 18.2 Å². The lowest BCUT2D eigenvalue weighted by atomic mass is 10.2. The lowest BCUT2D eigenvalue weighted by Gasteiger charge is -2.07. The molecule has 1 rings (SSSR count). The van der Waals surface area contributed by atoms with Crippen LogP contribution in [0.1, 0.15) is 29.6 Å². The Labute approximate surface area is 113 Å². The highest BCUT2D eigenvalue weighted by molar-refractivity contribution is 5.89. The molecule has 5 heteroatoms. The van der Waals surface area contributed by atoms with E-state index >= 15 is 0 Å². The van der Waals surface area contributed by atoms with Gasteiger partial charge in [-0.25, -0.2) is 4.79 Å². The maximum Gasteiger partial charge on any atom is 0.338 e. The maximum atomic E-state index is 11.6. The number of hydrogen-bond acceptors (Lipinski definition) is 3. The van der Waals surface area contributed by atoms with Crippen molar-refractivity contribution in [1.29, 1.82) is 5.41 Å². The predicted molar refractivity (Wildman–Crippen MR) is 75.4 cm³/mol. The molecule has 1 aromatic rings. The Balaban J connectivity index is 2.02. The van der Waals surface area contributed by atoms with E-state index in [1.807, 2.05) is 18.2 Å². The molecule has 104 valence electrons. The minimum atomic E-state index is -0.268. The van der Waals surface area contributed by atoms with E-state index in [2.05, 4.69) is 10.6 Å². The highest BCUT2D eigenvalue weighted by atomic mass is 16.5. The number of unbranched alkanes of at least 4 members (excludes halogenated alkanes) is 2. The first-order chi connectivity index (χ1) is 9.24. The largest absolute Gasteiger partial charge is 0.462 e. The standard InChI is InChI=1S/C14H21N3O2/c1-16-14(15)17-10-6-3-7-11-19-13(18)12-8-4-2-5-9-12/h2,4-5,8-9H,3,6-7,10-11H2,1H3,(H3,15,16,17).